The Labute approximate surface area is 149 Å². The van der Waals surface area contributed by atoms with E-state index < -0.39 is 24.5 Å². The standard InChI is InChI=1S/C17H19N5O4/c1-10-4-5-13(11(2)8-10)22-19-12(3)15(20-22)16(24)26-9-14(23)21-7-6-18-17(21)25/h4-5,8H,6-7,9H2,1-3H3,(H,18,25). The summed E-state index contributed by atoms with van der Waals surface area (Å²) in [5.74, 6) is -1.33. The zero-order valence-corrected chi connectivity index (χ0v) is 14.8. The molecule has 1 aromatic carbocycles. The molecule has 2 heterocycles. The van der Waals surface area contributed by atoms with E-state index in [4.69, 9.17) is 4.74 Å². The van der Waals surface area contributed by atoms with E-state index in [-0.39, 0.29) is 12.2 Å². The van der Waals surface area contributed by atoms with Crippen molar-refractivity contribution in [1.82, 2.24) is 25.2 Å². The van der Waals surface area contributed by atoms with E-state index in [0.717, 1.165) is 21.7 Å². The number of aromatic nitrogens is 3. The quantitative estimate of drug-likeness (QED) is 0.815. The molecule has 0 radical (unpaired) electrons. The zero-order valence-electron chi connectivity index (χ0n) is 14.8. The van der Waals surface area contributed by atoms with Crippen LogP contribution in [0.25, 0.3) is 5.69 Å². The van der Waals surface area contributed by atoms with Gasteiger partial charge in [-0.2, -0.15) is 9.90 Å². The highest BCUT2D eigenvalue weighted by molar-refractivity contribution is 5.97. The van der Waals surface area contributed by atoms with Gasteiger partial charge in [-0.15, -0.1) is 5.10 Å². The fourth-order valence-corrected chi connectivity index (χ4v) is 2.69. The molecule has 26 heavy (non-hydrogen) atoms. The van der Waals surface area contributed by atoms with Crippen LogP contribution in [0.5, 0.6) is 0 Å². The summed E-state index contributed by atoms with van der Waals surface area (Å²) in [7, 11) is 0. The van der Waals surface area contributed by atoms with Crippen molar-refractivity contribution in [2.24, 2.45) is 0 Å². The molecule has 0 aliphatic carbocycles. The molecule has 0 saturated carbocycles. The maximum absolute atomic E-state index is 12.2. The Morgan fingerprint density at radius 2 is 2.00 bits per heavy atom. The van der Waals surface area contributed by atoms with E-state index in [1.165, 1.54) is 4.80 Å². The van der Waals surface area contributed by atoms with Crippen molar-refractivity contribution in [3.63, 3.8) is 0 Å². The number of imide groups is 1. The predicted octanol–water partition coefficient (Wildman–Crippen LogP) is 0.901. The van der Waals surface area contributed by atoms with Gasteiger partial charge in [-0.3, -0.25) is 9.69 Å². The van der Waals surface area contributed by atoms with Crippen LogP contribution >= 0.6 is 0 Å². The lowest BCUT2D eigenvalue weighted by molar-refractivity contribution is -0.130. The van der Waals surface area contributed by atoms with Crippen molar-refractivity contribution in [1.29, 1.82) is 0 Å². The molecule has 1 fully saturated rings. The maximum atomic E-state index is 12.2. The number of rotatable bonds is 4. The monoisotopic (exact) mass is 357 g/mol. The molecule has 1 aromatic heterocycles. The zero-order chi connectivity index (χ0) is 18.8. The van der Waals surface area contributed by atoms with Gasteiger partial charge in [0.15, 0.2) is 12.3 Å². The Balaban J connectivity index is 1.71. The number of nitrogens with zero attached hydrogens (tertiary/aromatic N) is 4. The summed E-state index contributed by atoms with van der Waals surface area (Å²) in [5.41, 5.74) is 3.25. The van der Waals surface area contributed by atoms with Crippen molar-refractivity contribution < 1.29 is 19.1 Å². The fraction of sp³-hybridized carbons (Fsp3) is 0.353. The number of aryl methyl sites for hydroxylation is 3. The number of esters is 1. The summed E-state index contributed by atoms with van der Waals surface area (Å²) in [6.07, 6.45) is 0. The first kappa shape index (κ1) is 17.6. The first-order valence-corrected chi connectivity index (χ1v) is 8.13. The lowest BCUT2D eigenvalue weighted by Gasteiger charge is -2.11. The van der Waals surface area contributed by atoms with Crippen LogP contribution in [0.2, 0.25) is 0 Å². The summed E-state index contributed by atoms with van der Waals surface area (Å²) >= 11 is 0. The minimum atomic E-state index is -0.758. The lowest BCUT2D eigenvalue weighted by atomic mass is 10.1. The Hall–Kier alpha value is -3.23. The molecule has 1 N–H and O–H groups in total. The van der Waals surface area contributed by atoms with Crippen molar-refractivity contribution in [2.45, 2.75) is 20.8 Å². The summed E-state index contributed by atoms with van der Waals surface area (Å²) in [6, 6.07) is 5.31. The van der Waals surface area contributed by atoms with Crippen LogP contribution in [-0.2, 0) is 9.53 Å². The van der Waals surface area contributed by atoms with Gasteiger partial charge in [0.25, 0.3) is 5.91 Å². The number of urea groups is 1. The highest BCUT2D eigenvalue weighted by Gasteiger charge is 2.27. The SMILES string of the molecule is Cc1ccc(-n2nc(C)c(C(=O)OCC(=O)N3CCNC3=O)n2)c(C)c1. The third kappa shape index (κ3) is 3.41. The molecule has 9 nitrogen and oxygen atoms in total. The van der Waals surface area contributed by atoms with Crippen LogP contribution in [0.1, 0.15) is 27.3 Å². The molecule has 2 aromatic rings. The molecule has 0 unspecified atom stereocenters. The Morgan fingerprint density at radius 3 is 2.65 bits per heavy atom. The molecule has 0 bridgehead atoms. The number of carbonyl (C=O) groups excluding carboxylic acids is 3. The van der Waals surface area contributed by atoms with E-state index in [0.29, 0.717) is 12.2 Å². The van der Waals surface area contributed by atoms with Crippen LogP contribution in [0.15, 0.2) is 18.2 Å². The van der Waals surface area contributed by atoms with Crippen LogP contribution in [-0.4, -0.2) is 57.5 Å². The van der Waals surface area contributed by atoms with Gasteiger partial charge in [-0.25, -0.2) is 9.59 Å². The number of hydrogen-bond acceptors (Lipinski definition) is 6. The largest absolute Gasteiger partial charge is 0.451 e. The topological polar surface area (TPSA) is 106 Å². The molecule has 3 rings (SSSR count). The van der Waals surface area contributed by atoms with Crippen LogP contribution in [0, 0.1) is 20.8 Å². The second-order valence-electron chi connectivity index (χ2n) is 6.07. The number of benzene rings is 1. The minimum absolute atomic E-state index is 0.0312. The highest BCUT2D eigenvalue weighted by atomic mass is 16.5. The number of hydrogen-bond donors (Lipinski definition) is 1. The molecular weight excluding hydrogens is 338 g/mol. The van der Waals surface area contributed by atoms with Crippen molar-refractivity contribution in [3.8, 4) is 5.69 Å². The molecule has 9 heteroatoms. The van der Waals surface area contributed by atoms with Gasteiger partial charge >= 0.3 is 12.0 Å². The Bertz CT molecular complexity index is 889. The number of amides is 3. The van der Waals surface area contributed by atoms with Crippen molar-refractivity contribution in [3.05, 3.63) is 40.7 Å². The molecule has 1 aliphatic heterocycles. The predicted molar refractivity (Wildman–Crippen MR) is 91.0 cm³/mol. The van der Waals surface area contributed by atoms with Gasteiger partial charge < -0.3 is 10.1 Å². The van der Waals surface area contributed by atoms with E-state index in [2.05, 4.69) is 15.5 Å². The van der Waals surface area contributed by atoms with Crippen molar-refractivity contribution in [2.75, 3.05) is 19.7 Å². The molecule has 0 spiro atoms. The van der Waals surface area contributed by atoms with E-state index in [1.54, 1.807) is 6.92 Å². The Morgan fingerprint density at radius 1 is 1.23 bits per heavy atom. The maximum Gasteiger partial charge on any atom is 0.361 e. The second kappa shape index (κ2) is 6.95. The molecule has 0 atom stereocenters. The van der Waals surface area contributed by atoms with Gasteiger partial charge in [-0.1, -0.05) is 17.7 Å². The first-order chi connectivity index (χ1) is 12.4. The third-order valence-electron chi connectivity index (χ3n) is 4.03. The number of carbonyl (C=O) groups is 3. The van der Waals surface area contributed by atoms with Gasteiger partial charge in [0, 0.05) is 13.1 Å². The first-order valence-electron chi connectivity index (χ1n) is 8.13. The van der Waals surface area contributed by atoms with Gasteiger partial charge in [0.05, 0.1) is 11.4 Å². The van der Waals surface area contributed by atoms with Crippen LogP contribution < -0.4 is 5.32 Å². The molecule has 1 aliphatic rings. The van der Waals surface area contributed by atoms with E-state index >= 15 is 0 Å². The second-order valence-corrected chi connectivity index (χ2v) is 6.07. The fourth-order valence-electron chi connectivity index (χ4n) is 2.69. The molecule has 3 amide bonds. The third-order valence-corrected chi connectivity index (χ3v) is 4.03. The van der Waals surface area contributed by atoms with Gasteiger partial charge in [0.2, 0.25) is 0 Å². The molecular formula is C17H19N5O4. The Kier molecular flexibility index (Phi) is 4.70. The summed E-state index contributed by atoms with van der Waals surface area (Å²) in [4.78, 5) is 38.0. The molecule has 136 valence electrons. The van der Waals surface area contributed by atoms with E-state index in [9.17, 15) is 14.4 Å². The normalized spacial score (nSPS) is 13.7. The van der Waals surface area contributed by atoms with Crippen LogP contribution in [0.3, 0.4) is 0 Å². The molecule has 1 saturated heterocycles. The number of ether oxygens (including phenoxy) is 1. The average Bonchev–Trinajstić information content (AvgIpc) is 3.18. The van der Waals surface area contributed by atoms with Crippen molar-refractivity contribution >= 4 is 17.9 Å². The highest BCUT2D eigenvalue weighted by Crippen LogP contribution is 2.15. The van der Waals surface area contributed by atoms with E-state index in [1.807, 2.05) is 32.0 Å². The van der Waals surface area contributed by atoms with Crippen LogP contribution in [0.4, 0.5) is 4.79 Å². The van der Waals surface area contributed by atoms with Gasteiger partial charge in [0.1, 0.15) is 0 Å². The number of nitrogens with one attached hydrogen (secondary N) is 1. The summed E-state index contributed by atoms with van der Waals surface area (Å²) in [5, 5.41) is 11.0. The smallest absolute Gasteiger partial charge is 0.361 e. The average molecular weight is 357 g/mol. The van der Waals surface area contributed by atoms with Gasteiger partial charge in [-0.05, 0) is 32.4 Å². The summed E-state index contributed by atoms with van der Waals surface area (Å²) < 4.78 is 5.00. The minimum Gasteiger partial charge on any atom is -0.451 e. The lowest BCUT2D eigenvalue weighted by Crippen LogP contribution is -2.37. The summed E-state index contributed by atoms with van der Waals surface area (Å²) in [6.45, 7) is 5.68.